The molecule has 1 aromatic heterocycles. The fourth-order valence-corrected chi connectivity index (χ4v) is 2.05. The van der Waals surface area contributed by atoms with Crippen LogP contribution in [0.3, 0.4) is 0 Å². The van der Waals surface area contributed by atoms with Crippen molar-refractivity contribution < 1.29 is 4.74 Å². The Morgan fingerprint density at radius 1 is 1.33 bits per heavy atom. The number of benzene rings is 1. The van der Waals surface area contributed by atoms with Gasteiger partial charge in [-0.1, -0.05) is 19.1 Å². The van der Waals surface area contributed by atoms with Gasteiger partial charge in [0.2, 0.25) is 5.88 Å². The predicted octanol–water partition coefficient (Wildman–Crippen LogP) is 2.83. The van der Waals surface area contributed by atoms with E-state index in [4.69, 9.17) is 10.5 Å². The zero-order chi connectivity index (χ0) is 13.1. The van der Waals surface area contributed by atoms with Gasteiger partial charge < -0.3 is 10.5 Å². The van der Waals surface area contributed by atoms with Crippen molar-refractivity contribution in [3.05, 3.63) is 35.4 Å². The van der Waals surface area contributed by atoms with Crippen LogP contribution in [-0.2, 0) is 6.42 Å². The van der Waals surface area contributed by atoms with Gasteiger partial charge in [-0.25, -0.2) is 4.98 Å². The number of hydrogen-bond acceptors (Lipinski definition) is 3. The van der Waals surface area contributed by atoms with Gasteiger partial charge in [0.1, 0.15) is 0 Å². The van der Waals surface area contributed by atoms with Crippen LogP contribution in [0.1, 0.15) is 24.5 Å². The van der Waals surface area contributed by atoms with Gasteiger partial charge in [-0.05, 0) is 37.5 Å². The first-order valence-corrected chi connectivity index (χ1v) is 6.34. The van der Waals surface area contributed by atoms with Crippen molar-refractivity contribution in [1.29, 1.82) is 0 Å². The number of pyridine rings is 1. The molecule has 0 saturated heterocycles. The first-order valence-electron chi connectivity index (χ1n) is 6.34. The van der Waals surface area contributed by atoms with E-state index in [2.05, 4.69) is 43.1 Å². The minimum atomic E-state index is 0.156. The lowest BCUT2D eigenvalue weighted by Gasteiger charge is -2.13. The molecule has 18 heavy (non-hydrogen) atoms. The Labute approximate surface area is 108 Å². The lowest BCUT2D eigenvalue weighted by atomic mass is 10.0. The molecule has 0 radical (unpaired) electrons. The minimum absolute atomic E-state index is 0.156. The molecule has 1 heterocycles. The largest absolute Gasteiger partial charge is 0.481 e. The molecule has 2 N–H and O–H groups in total. The number of ether oxygens (including phenoxy) is 1. The van der Waals surface area contributed by atoms with Crippen molar-refractivity contribution in [3.63, 3.8) is 0 Å². The molecule has 1 aromatic carbocycles. The monoisotopic (exact) mass is 244 g/mol. The Morgan fingerprint density at radius 3 is 2.78 bits per heavy atom. The summed E-state index contributed by atoms with van der Waals surface area (Å²) >= 11 is 0. The quantitative estimate of drug-likeness (QED) is 0.899. The Hall–Kier alpha value is -1.61. The van der Waals surface area contributed by atoms with Crippen molar-refractivity contribution in [2.75, 3.05) is 7.11 Å². The number of rotatable bonds is 4. The first kappa shape index (κ1) is 12.8. The van der Waals surface area contributed by atoms with Gasteiger partial charge >= 0.3 is 0 Å². The third-order valence-corrected chi connectivity index (χ3v) is 3.21. The Bertz CT molecular complexity index is 551. The Balaban J connectivity index is 2.48. The molecule has 0 aliphatic heterocycles. The molecule has 3 heteroatoms. The van der Waals surface area contributed by atoms with Gasteiger partial charge in [0.25, 0.3) is 0 Å². The summed E-state index contributed by atoms with van der Waals surface area (Å²) in [7, 11) is 1.66. The van der Waals surface area contributed by atoms with Gasteiger partial charge in [0, 0.05) is 17.0 Å². The van der Waals surface area contributed by atoms with Gasteiger partial charge in [0.05, 0.1) is 12.6 Å². The van der Waals surface area contributed by atoms with E-state index < -0.39 is 0 Å². The van der Waals surface area contributed by atoms with Crippen LogP contribution in [0.2, 0.25) is 0 Å². The molecule has 2 aromatic rings. The summed E-state index contributed by atoms with van der Waals surface area (Å²) in [6, 6.07) is 8.55. The van der Waals surface area contributed by atoms with Gasteiger partial charge in [-0.15, -0.1) is 0 Å². The molecule has 0 fully saturated rings. The summed E-state index contributed by atoms with van der Waals surface area (Å²) < 4.78 is 5.37. The fraction of sp³-hybridized carbons (Fsp3) is 0.400. The van der Waals surface area contributed by atoms with Crippen LogP contribution < -0.4 is 10.5 Å². The van der Waals surface area contributed by atoms with E-state index in [0.717, 1.165) is 29.3 Å². The summed E-state index contributed by atoms with van der Waals surface area (Å²) in [5, 5.41) is 1.14. The second-order valence-electron chi connectivity index (χ2n) is 4.73. The number of nitrogens with two attached hydrogens (primary N) is 1. The molecule has 0 aliphatic rings. The number of aromatic nitrogens is 1. The normalized spacial score (nSPS) is 12.7. The van der Waals surface area contributed by atoms with Crippen molar-refractivity contribution in [2.24, 2.45) is 5.73 Å². The van der Waals surface area contributed by atoms with E-state index in [1.165, 1.54) is 5.56 Å². The maximum Gasteiger partial charge on any atom is 0.216 e. The number of hydrogen-bond donors (Lipinski definition) is 1. The molecule has 3 nitrogen and oxygen atoms in total. The summed E-state index contributed by atoms with van der Waals surface area (Å²) in [5.41, 5.74) is 9.28. The second-order valence-corrected chi connectivity index (χ2v) is 4.73. The molecule has 0 saturated carbocycles. The van der Waals surface area contributed by atoms with Crippen LogP contribution in [0.25, 0.3) is 10.9 Å². The lowest BCUT2D eigenvalue weighted by Crippen LogP contribution is -2.21. The smallest absolute Gasteiger partial charge is 0.216 e. The van der Waals surface area contributed by atoms with Crippen molar-refractivity contribution in [3.8, 4) is 5.88 Å². The van der Waals surface area contributed by atoms with Crippen LogP contribution in [0.15, 0.2) is 24.3 Å². The highest BCUT2D eigenvalue weighted by atomic mass is 16.5. The van der Waals surface area contributed by atoms with Gasteiger partial charge in [-0.2, -0.15) is 0 Å². The average Bonchev–Trinajstić information content (AvgIpc) is 2.38. The van der Waals surface area contributed by atoms with E-state index in [9.17, 15) is 0 Å². The highest BCUT2D eigenvalue weighted by Crippen LogP contribution is 2.24. The molecule has 1 atom stereocenters. The second kappa shape index (κ2) is 5.36. The maximum absolute atomic E-state index is 6.01. The van der Waals surface area contributed by atoms with Gasteiger partial charge in [0.15, 0.2) is 0 Å². The van der Waals surface area contributed by atoms with Gasteiger partial charge in [-0.3, -0.25) is 0 Å². The third kappa shape index (κ3) is 2.62. The zero-order valence-corrected chi connectivity index (χ0v) is 11.2. The van der Waals surface area contributed by atoms with Crippen molar-refractivity contribution in [1.82, 2.24) is 4.98 Å². The average molecular weight is 244 g/mol. The Kier molecular flexibility index (Phi) is 3.82. The number of methoxy groups -OCH3 is 1. The molecule has 0 spiro atoms. The Morgan fingerprint density at radius 2 is 2.11 bits per heavy atom. The molecular weight excluding hydrogens is 224 g/mol. The minimum Gasteiger partial charge on any atom is -0.481 e. The first-order chi connectivity index (χ1) is 8.63. The standard InChI is InChI=1S/C15H20N2O/c1-4-13(16)9-12-8-11-6-5-10(2)7-14(11)17-15(12)18-3/h5-8,13H,4,9,16H2,1-3H3. The van der Waals surface area contributed by atoms with Crippen LogP contribution in [-0.4, -0.2) is 18.1 Å². The van der Waals surface area contributed by atoms with Crippen LogP contribution in [0.4, 0.5) is 0 Å². The SMILES string of the molecule is CCC(N)Cc1cc2ccc(C)cc2nc1OC. The molecule has 1 unspecified atom stereocenters. The van der Waals surface area contributed by atoms with Crippen LogP contribution >= 0.6 is 0 Å². The van der Waals surface area contributed by atoms with Crippen molar-refractivity contribution in [2.45, 2.75) is 32.7 Å². The van der Waals surface area contributed by atoms with Crippen LogP contribution in [0, 0.1) is 6.92 Å². The van der Waals surface area contributed by atoms with E-state index in [0.29, 0.717) is 5.88 Å². The number of aryl methyl sites for hydroxylation is 1. The third-order valence-electron chi connectivity index (χ3n) is 3.21. The summed E-state index contributed by atoms with van der Waals surface area (Å²) in [6.45, 7) is 4.16. The topological polar surface area (TPSA) is 48.1 Å². The maximum atomic E-state index is 6.01. The highest BCUT2D eigenvalue weighted by Gasteiger charge is 2.10. The summed E-state index contributed by atoms with van der Waals surface area (Å²) in [6.07, 6.45) is 1.76. The highest BCUT2D eigenvalue weighted by molar-refractivity contribution is 5.80. The summed E-state index contributed by atoms with van der Waals surface area (Å²) in [4.78, 5) is 4.56. The molecule has 96 valence electrons. The lowest BCUT2D eigenvalue weighted by molar-refractivity contribution is 0.392. The van der Waals surface area contributed by atoms with Crippen LogP contribution in [0.5, 0.6) is 5.88 Å². The van der Waals surface area contributed by atoms with E-state index >= 15 is 0 Å². The van der Waals surface area contributed by atoms with E-state index in [1.807, 2.05) is 0 Å². The van der Waals surface area contributed by atoms with E-state index in [-0.39, 0.29) is 6.04 Å². The summed E-state index contributed by atoms with van der Waals surface area (Å²) in [5.74, 6) is 0.692. The molecule has 2 rings (SSSR count). The number of fused-ring (bicyclic) bond motifs is 1. The predicted molar refractivity (Wildman–Crippen MR) is 75.0 cm³/mol. The fourth-order valence-electron chi connectivity index (χ4n) is 2.05. The zero-order valence-electron chi connectivity index (χ0n) is 11.2. The number of nitrogens with zero attached hydrogens (tertiary/aromatic N) is 1. The molecular formula is C15H20N2O. The van der Waals surface area contributed by atoms with Crippen molar-refractivity contribution >= 4 is 10.9 Å². The van der Waals surface area contributed by atoms with E-state index in [1.54, 1.807) is 7.11 Å². The molecule has 0 aliphatic carbocycles. The molecule has 0 amide bonds. The molecule has 0 bridgehead atoms.